The van der Waals surface area contributed by atoms with Crippen LogP contribution in [0, 0.1) is 13.8 Å². The van der Waals surface area contributed by atoms with Crippen LogP contribution < -0.4 is 0 Å². The van der Waals surface area contributed by atoms with E-state index < -0.39 is 12.6 Å². The van der Waals surface area contributed by atoms with Gasteiger partial charge in [-0.3, -0.25) is 19.4 Å². The van der Waals surface area contributed by atoms with Crippen LogP contribution in [0.15, 0.2) is 29.8 Å². The van der Waals surface area contributed by atoms with Gasteiger partial charge in [-0.2, -0.15) is 0 Å². The molecular formula is C20H19N3O4S. The van der Waals surface area contributed by atoms with E-state index in [1.165, 1.54) is 18.3 Å². The molecule has 0 unspecified atom stereocenters. The second-order valence-electron chi connectivity index (χ2n) is 6.30. The number of H-pyrrole nitrogens is 1. The molecule has 0 aromatic carbocycles. The summed E-state index contributed by atoms with van der Waals surface area (Å²) in [4.78, 5) is 47.6. The second kappa shape index (κ2) is 8.26. The van der Waals surface area contributed by atoms with E-state index in [2.05, 4.69) is 15.0 Å². The van der Waals surface area contributed by atoms with Gasteiger partial charge in [0.05, 0.1) is 23.5 Å². The Morgan fingerprint density at radius 3 is 2.64 bits per heavy atom. The molecule has 0 bridgehead atoms. The quantitative estimate of drug-likeness (QED) is 0.485. The van der Waals surface area contributed by atoms with Crippen LogP contribution in [-0.4, -0.2) is 39.1 Å². The van der Waals surface area contributed by atoms with E-state index in [0.29, 0.717) is 33.2 Å². The summed E-state index contributed by atoms with van der Waals surface area (Å²) in [7, 11) is 0. The highest BCUT2D eigenvalue weighted by Crippen LogP contribution is 2.22. The third-order valence-corrected chi connectivity index (χ3v) is 5.11. The smallest absolute Gasteiger partial charge is 0.312 e. The molecule has 7 nitrogen and oxygen atoms in total. The van der Waals surface area contributed by atoms with Crippen molar-refractivity contribution in [2.24, 2.45) is 0 Å². The molecular weight excluding hydrogens is 378 g/mol. The van der Waals surface area contributed by atoms with Gasteiger partial charge in [0, 0.05) is 22.8 Å². The molecule has 0 saturated heterocycles. The van der Waals surface area contributed by atoms with Crippen molar-refractivity contribution in [3.63, 3.8) is 0 Å². The number of aryl methyl sites for hydroxylation is 1. The normalized spacial score (nSPS) is 10.7. The van der Waals surface area contributed by atoms with E-state index in [4.69, 9.17) is 4.74 Å². The van der Waals surface area contributed by atoms with E-state index in [9.17, 15) is 14.4 Å². The predicted molar refractivity (Wildman–Crippen MR) is 105 cm³/mol. The second-order valence-corrected chi connectivity index (χ2v) is 7.16. The molecule has 8 heteroatoms. The van der Waals surface area contributed by atoms with Crippen molar-refractivity contribution >= 4 is 28.9 Å². The summed E-state index contributed by atoms with van der Waals surface area (Å²) < 4.78 is 5.10. The first-order valence-electron chi connectivity index (χ1n) is 8.61. The molecule has 3 aromatic rings. The van der Waals surface area contributed by atoms with Crippen LogP contribution in [0.1, 0.15) is 44.7 Å². The average molecular weight is 397 g/mol. The standard InChI is InChI=1S/C20H19N3O4S/c1-11-18(13(3)24)12(2)22-19(11)16(25)9-27-17(26)8-14-10-28-20(23-14)15-6-4-5-7-21-15/h4-7,10,22H,8-9H2,1-3H3. The van der Waals surface area contributed by atoms with Crippen molar-refractivity contribution in [1.82, 2.24) is 15.0 Å². The highest BCUT2D eigenvalue weighted by molar-refractivity contribution is 7.13. The average Bonchev–Trinajstić information content (AvgIpc) is 3.24. The number of aromatic nitrogens is 3. The SMILES string of the molecule is CC(=O)c1c(C)[nH]c(C(=O)COC(=O)Cc2csc(-c3ccccn3)n2)c1C. The molecule has 0 amide bonds. The summed E-state index contributed by atoms with van der Waals surface area (Å²) in [6, 6.07) is 5.53. The van der Waals surface area contributed by atoms with Crippen LogP contribution in [0.2, 0.25) is 0 Å². The van der Waals surface area contributed by atoms with Crippen molar-refractivity contribution in [3.05, 3.63) is 58.0 Å². The lowest BCUT2D eigenvalue weighted by molar-refractivity contribution is -0.141. The minimum absolute atomic E-state index is 0.0297. The summed E-state index contributed by atoms with van der Waals surface area (Å²) in [5.41, 5.74) is 3.30. The minimum Gasteiger partial charge on any atom is -0.457 e. The van der Waals surface area contributed by atoms with E-state index in [-0.39, 0.29) is 18.0 Å². The molecule has 0 fully saturated rings. The van der Waals surface area contributed by atoms with Crippen LogP contribution >= 0.6 is 11.3 Å². The molecule has 3 heterocycles. The maximum Gasteiger partial charge on any atom is 0.312 e. The van der Waals surface area contributed by atoms with Gasteiger partial charge in [0.1, 0.15) is 5.01 Å². The van der Waals surface area contributed by atoms with Crippen molar-refractivity contribution < 1.29 is 19.1 Å². The van der Waals surface area contributed by atoms with Crippen molar-refractivity contribution in [3.8, 4) is 10.7 Å². The van der Waals surface area contributed by atoms with Crippen molar-refractivity contribution in [2.45, 2.75) is 27.2 Å². The van der Waals surface area contributed by atoms with Crippen LogP contribution in [0.4, 0.5) is 0 Å². The van der Waals surface area contributed by atoms with Gasteiger partial charge in [0.25, 0.3) is 0 Å². The van der Waals surface area contributed by atoms with Gasteiger partial charge in [-0.1, -0.05) is 6.07 Å². The molecule has 3 aromatic heterocycles. The van der Waals surface area contributed by atoms with Crippen molar-refractivity contribution in [1.29, 1.82) is 0 Å². The van der Waals surface area contributed by atoms with E-state index in [1.807, 2.05) is 18.2 Å². The topological polar surface area (TPSA) is 102 Å². The largest absolute Gasteiger partial charge is 0.457 e. The number of pyridine rings is 1. The van der Waals surface area contributed by atoms with Gasteiger partial charge >= 0.3 is 5.97 Å². The number of rotatable bonds is 7. The maximum absolute atomic E-state index is 12.4. The number of thiazole rings is 1. The molecule has 3 rings (SSSR count). The third-order valence-electron chi connectivity index (χ3n) is 4.19. The number of carbonyl (C=O) groups is 3. The van der Waals surface area contributed by atoms with Crippen LogP contribution in [-0.2, 0) is 16.0 Å². The Bertz CT molecular complexity index is 1040. The number of ketones is 2. The Morgan fingerprint density at radius 2 is 2.00 bits per heavy atom. The summed E-state index contributed by atoms with van der Waals surface area (Å²) in [6.45, 7) is 4.48. The Morgan fingerprint density at radius 1 is 1.21 bits per heavy atom. The molecule has 0 atom stereocenters. The molecule has 0 aliphatic carbocycles. The lowest BCUT2D eigenvalue weighted by atomic mass is 10.1. The summed E-state index contributed by atoms with van der Waals surface area (Å²) in [6.07, 6.45) is 1.65. The molecule has 0 radical (unpaired) electrons. The minimum atomic E-state index is -0.543. The van der Waals surface area contributed by atoms with Gasteiger partial charge < -0.3 is 9.72 Å². The van der Waals surface area contributed by atoms with Gasteiger partial charge in [-0.25, -0.2) is 4.98 Å². The predicted octanol–water partition coefficient (Wildman–Crippen LogP) is 3.32. The molecule has 0 aliphatic rings. The Balaban J connectivity index is 1.59. The maximum atomic E-state index is 12.4. The number of hydrogen-bond acceptors (Lipinski definition) is 7. The first-order valence-corrected chi connectivity index (χ1v) is 9.49. The lowest BCUT2D eigenvalue weighted by Gasteiger charge is -2.03. The first kappa shape index (κ1) is 19.6. The van der Waals surface area contributed by atoms with Gasteiger partial charge in [0.2, 0.25) is 5.78 Å². The summed E-state index contributed by atoms with van der Waals surface area (Å²) >= 11 is 1.39. The van der Waals surface area contributed by atoms with E-state index in [1.54, 1.807) is 25.4 Å². The Labute approximate surface area is 165 Å². The molecule has 1 N–H and O–H groups in total. The highest BCUT2D eigenvalue weighted by Gasteiger charge is 2.21. The molecule has 144 valence electrons. The Kier molecular flexibility index (Phi) is 5.79. The fourth-order valence-electron chi connectivity index (χ4n) is 2.97. The number of carbonyl (C=O) groups excluding carboxylic acids is 3. The number of ether oxygens (including phenoxy) is 1. The lowest BCUT2D eigenvalue weighted by Crippen LogP contribution is -2.17. The molecule has 28 heavy (non-hydrogen) atoms. The number of hydrogen-bond donors (Lipinski definition) is 1. The number of nitrogens with one attached hydrogen (secondary N) is 1. The number of Topliss-reactive ketones (excluding diaryl/α,β-unsaturated/α-hetero) is 2. The molecule has 0 saturated carbocycles. The third kappa shape index (κ3) is 4.23. The molecule has 0 aliphatic heterocycles. The highest BCUT2D eigenvalue weighted by atomic mass is 32.1. The summed E-state index contributed by atoms with van der Waals surface area (Å²) in [5, 5.41) is 2.48. The zero-order chi connectivity index (χ0) is 20.3. The fourth-order valence-corrected chi connectivity index (χ4v) is 3.76. The monoisotopic (exact) mass is 397 g/mol. The van der Waals surface area contributed by atoms with E-state index >= 15 is 0 Å². The van der Waals surface area contributed by atoms with Gasteiger partial charge in [-0.05, 0) is 38.5 Å². The summed E-state index contributed by atoms with van der Waals surface area (Å²) in [5.74, 6) is -1.04. The van der Waals surface area contributed by atoms with Crippen LogP contribution in [0.25, 0.3) is 10.7 Å². The fraction of sp³-hybridized carbons (Fsp3) is 0.250. The van der Waals surface area contributed by atoms with Gasteiger partial charge in [0.15, 0.2) is 12.4 Å². The number of aromatic amines is 1. The first-order chi connectivity index (χ1) is 13.4. The Hall–Kier alpha value is -3.13. The number of nitrogens with zero attached hydrogens (tertiary/aromatic N) is 2. The number of esters is 1. The van der Waals surface area contributed by atoms with E-state index in [0.717, 1.165) is 5.69 Å². The van der Waals surface area contributed by atoms with Crippen LogP contribution in [0.5, 0.6) is 0 Å². The van der Waals surface area contributed by atoms with Crippen LogP contribution in [0.3, 0.4) is 0 Å². The van der Waals surface area contributed by atoms with Gasteiger partial charge in [-0.15, -0.1) is 11.3 Å². The zero-order valence-corrected chi connectivity index (χ0v) is 16.6. The zero-order valence-electron chi connectivity index (χ0n) is 15.7. The molecule has 0 spiro atoms. The van der Waals surface area contributed by atoms with Crippen molar-refractivity contribution in [2.75, 3.05) is 6.61 Å².